The minimum Gasteiger partial charge on any atom is -0.355 e. The lowest BCUT2D eigenvalue weighted by Gasteiger charge is -2.19. The molecule has 0 aliphatic carbocycles. The molecule has 152 valence electrons. The first-order chi connectivity index (χ1) is 13.8. The Bertz CT molecular complexity index is 1000. The van der Waals surface area contributed by atoms with Crippen molar-refractivity contribution in [3.05, 3.63) is 80.3 Å². The van der Waals surface area contributed by atoms with Gasteiger partial charge in [0.25, 0.3) is 0 Å². The van der Waals surface area contributed by atoms with E-state index >= 15 is 0 Å². The number of H-pyrrole nitrogens is 1. The molecule has 0 saturated carbocycles. The summed E-state index contributed by atoms with van der Waals surface area (Å²) in [6.07, 6.45) is 1.01. The molecule has 0 unspecified atom stereocenters. The molecule has 2 heterocycles. The molecule has 0 amide bonds. The summed E-state index contributed by atoms with van der Waals surface area (Å²) in [6.45, 7) is 9.32. The Labute approximate surface area is 176 Å². The molecule has 0 aliphatic rings. The van der Waals surface area contributed by atoms with Gasteiger partial charge in [-0.15, -0.1) is 11.3 Å². The van der Waals surface area contributed by atoms with Crippen molar-refractivity contribution in [1.82, 2.24) is 4.98 Å². The molecule has 3 rings (SSSR count). The minimum atomic E-state index is -0.287. The van der Waals surface area contributed by atoms with Gasteiger partial charge in [-0.2, -0.15) is 0 Å². The van der Waals surface area contributed by atoms with Crippen LogP contribution < -0.4 is 5.32 Å². The largest absolute Gasteiger partial charge is 0.355 e. The Morgan fingerprint density at radius 2 is 1.83 bits per heavy atom. The number of Topliss-reactive ketones (excluding diaryl/α,β-unsaturated/α-hetero) is 2. The van der Waals surface area contributed by atoms with Crippen LogP contribution in [0.3, 0.4) is 0 Å². The smallest absolute Gasteiger partial charge is 0.235 e. The second-order valence-electron chi connectivity index (χ2n) is 7.61. The number of thiophene rings is 1. The minimum absolute atomic E-state index is 0.0144. The summed E-state index contributed by atoms with van der Waals surface area (Å²) in [4.78, 5) is 29.5. The average molecular weight is 410 g/mol. The Hall–Kier alpha value is -2.50. The maximum atomic E-state index is 13.2. The summed E-state index contributed by atoms with van der Waals surface area (Å²) < 4.78 is 0. The van der Waals surface area contributed by atoms with Gasteiger partial charge in [0.15, 0.2) is 5.78 Å². The summed E-state index contributed by atoms with van der Waals surface area (Å²) in [5.74, 6) is 0.00393. The summed E-state index contributed by atoms with van der Waals surface area (Å²) in [7, 11) is 0. The van der Waals surface area contributed by atoms with E-state index in [9.17, 15) is 9.59 Å². The second kappa shape index (κ2) is 8.89. The second-order valence-corrected chi connectivity index (χ2v) is 8.59. The van der Waals surface area contributed by atoms with Gasteiger partial charge in [-0.05, 0) is 56.7 Å². The normalized spacial score (nSPS) is 13.3. The van der Waals surface area contributed by atoms with E-state index in [-0.39, 0.29) is 23.7 Å². The molecule has 3 N–H and O–H groups in total. The van der Waals surface area contributed by atoms with Crippen molar-refractivity contribution < 1.29 is 14.9 Å². The van der Waals surface area contributed by atoms with E-state index in [0.717, 1.165) is 17.7 Å². The van der Waals surface area contributed by atoms with E-state index in [1.54, 1.807) is 18.3 Å². The molecule has 0 spiro atoms. The van der Waals surface area contributed by atoms with Crippen LogP contribution in [-0.4, -0.2) is 22.6 Å². The highest BCUT2D eigenvalue weighted by molar-refractivity contribution is 7.10. The highest BCUT2D eigenvalue weighted by atomic mass is 32.1. The van der Waals surface area contributed by atoms with Crippen LogP contribution in [0.4, 0.5) is 0 Å². The van der Waals surface area contributed by atoms with Crippen molar-refractivity contribution in [2.75, 3.05) is 0 Å². The zero-order valence-corrected chi connectivity index (χ0v) is 18.5. The van der Waals surface area contributed by atoms with Crippen molar-refractivity contribution in [2.24, 2.45) is 0 Å². The van der Waals surface area contributed by atoms with Crippen molar-refractivity contribution >= 4 is 22.9 Å². The highest BCUT2D eigenvalue weighted by Gasteiger charge is 2.29. The molecule has 2 aromatic heterocycles. The van der Waals surface area contributed by atoms with Crippen molar-refractivity contribution in [1.29, 1.82) is 0 Å². The third-order valence-electron chi connectivity index (χ3n) is 5.53. The molecule has 0 bridgehead atoms. The molecular formula is C24H29N2O2S+. The molecule has 4 nitrogen and oxygen atoms in total. The van der Waals surface area contributed by atoms with Crippen LogP contribution in [-0.2, 0) is 6.42 Å². The Morgan fingerprint density at radius 3 is 2.34 bits per heavy atom. The summed E-state index contributed by atoms with van der Waals surface area (Å²) in [5.41, 5.74) is 5.18. The van der Waals surface area contributed by atoms with Crippen LogP contribution in [0.2, 0.25) is 0 Å². The number of carbonyl (C=O) groups excluding carboxylic acids is 2. The summed E-state index contributed by atoms with van der Waals surface area (Å²) in [5, 5.41) is 4.19. The van der Waals surface area contributed by atoms with E-state index in [0.29, 0.717) is 11.3 Å². The zero-order valence-electron chi connectivity index (χ0n) is 17.7. The van der Waals surface area contributed by atoms with Gasteiger partial charge in [-0.1, -0.05) is 37.3 Å². The number of quaternary nitrogens is 1. The van der Waals surface area contributed by atoms with Gasteiger partial charge in [0.05, 0.1) is 10.6 Å². The number of carbonyl (C=O) groups is 2. The van der Waals surface area contributed by atoms with E-state index < -0.39 is 0 Å². The zero-order chi connectivity index (χ0) is 21.1. The SMILES string of the molecule is CCc1ccc([C@@H]([NH2+][C@@H](C)C(=O)c2[nH]c(C)c(C(C)=O)c2C)c2cccs2)cc1. The van der Waals surface area contributed by atoms with Crippen LogP contribution in [0.15, 0.2) is 41.8 Å². The predicted octanol–water partition coefficient (Wildman–Crippen LogP) is 4.38. The maximum absolute atomic E-state index is 13.2. The van der Waals surface area contributed by atoms with Crippen LogP contribution in [0.5, 0.6) is 0 Å². The summed E-state index contributed by atoms with van der Waals surface area (Å²) in [6, 6.07) is 12.6. The number of aromatic amines is 1. The number of hydrogen-bond donors (Lipinski definition) is 2. The number of rotatable bonds is 8. The molecular weight excluding hydrogens is 380 g/mol. The molecule has 5 heteroatoms. The van der Waals surface area contributed by atoms with Crippen LogP contribution >= 0.6 is 11.3 Å². The van der Waals surface area contributed by atoms with E-state index in [1.165, 1.54) is 16.0 Å². The average Bonchev–Trinajstić information content (AvgIpc) is 3.33. The van der Waals surface area contributed by atoms with Gasteiger partial charge in [0, 0.05) is 16.8 Å². The van der Waals surface area contributed by atoms with Crippen molar-refractivity contribution in [2.45, 2.75) is 53.1 Å². The number of hydrogen-bond acceptors (Lipinski definition) is 3. The standard InChI is InChI=1S/C24H28N2O2S/c1-6-18-9-11-19(12-10-18)23(20-8-7-13-29-20)26-16(4)24(28)22-14(2)21(17(5)27)15(3)25-22/h7-13,16,23,25-26H,6H2,1-5H3/p+1/t16-,23+/m0/s1. The van der Waals surface area contributed by atoms with Gasteiger partial charge >= 0.3 is 0 Å². The highest BCUT2D eigenvalue weighted by Crippen LogP contribution is 2.24. The lowest BCUT2D eigenvalue weighted by Crippen LogP contribution is -2.92. The number of benzene rings is 1. The van der Waals surface area contributed by atoms with Gasteiger partial charge < -0.3 is 10.3 Å². The van der Waals surface area contributed by atoms with Gasteiger partial charge in [0.1, 0.15) is 12.1 Å². The first kappa shape index (κ1) is 21.2. The van der Waals surface area contributed by atoms with Crippen LogP contribution in [0.1, 0.15) is 74.9 Å². The quantitative estimate of drug-likeness (QED) is 0.542. The van der Waals surface area contributed by atoms with Crippen LogP contribution in [0.25, 0.3) is 0 Å². The molecule has 2 atom stereocenters. The Balaban J connectivity index is 1.89. The Kier molecular flexibility index (Phi) is 6.50. The molecule has 29 heavy (non-hydrogen) atoms. The molecule has 1 aromatic carbocycles. The fourth-order valence-electron chi connectivity index (χ4n) is 3.93. The topological polar surface area (TPSA) is 66.5 Å². The third kappa shape index (κ3) is 4.41. The van der Waals surface area contributed by atoms with Gasteiger partial charge in [0.2, 0.25) is 5.78 Å². The number of nitrogens with one attached hydrogen (secondary N) is 1. The maximum Gasteiger partial charge on any atom is 0.235 e. The lowest BCUT2D eigenvalue weighted by molar-refractivity contribution is -0.703. The van der Waals surface area contributed by atoms with Crippen LogP contribution in [0, 0.1) is 13.8 Å². The van der Waals surface area contributed by atoms with Gasteiger partial charge in [-0.3, -0.25) is 9.59 Å². The fraction of sp³-hybridized carbons (Fsp3) is 0.333. The molecule has 0 saturated heterocycles. The Morgan fingerprint density at radius 1 is 1.14 bits per heavy atom. The van der Waals surface area contributed by atoms with E-state index in [1.807, 2.05) is 26.8 Å². The molecule has 0 fully saturated rings. The van der Waals surface area contributed by atoms with E-state index in [2.05, 4.69) is 52.9 Å². The predicted molar refractivity (Wildman–Crippen MR) is 118 cm³/mol. The van der Waals surface area contributed by atoms with Crippen molar-refractivity contribution in [3.63, 3.8) is 0 Å². The molecule has 0 aliphatic heterocycles. The van der Waals surface area contributed by atoms with Crippen molar-refractivity contribution in [3.8, 4) is 0 Å². The number of ketones is 2. The lowest BCUT2D eigenvalue weighted by atomic mass is 9.99. The first-order valence-electron chi connectivity index (χ1n) is 10.0. The third-order valence-corrected chi connectivity index (χ3v) is 6.48. The van der Waals surface area contributed by atoms with E-state index in [4.69, 9.17) is 0 Å². The fourth-order valence-corrected chi connectivity index (χ4v) is 4.76. The molecule has 3 aromatic rings. The van der Waals surface area contributed by atoms with Gasteiger partial charge in [-0.25, -0.2) is 0 Å². The first-order valence-corrected chi connectivity index (χ1v) is 10.9. The number of nitrogens with two attached hydrogens (primary N) is 1. The monoisotopic (exact) mass is 409 g/mol. The summed E-state index contributed by atoms with van der Waals surface area (Å²) >= 11 is 1.70. The number of aryl methyl sites for hydroxylation is 2. The molecule has 0 radical (unpaired) electrons. The number of aromatic nitrogens is 1.